The lowest BCUT2D eigenvalue weighted by atomic mass is 10.0. The molecule has 2 saturated heterocycles. The molecular formula is C23H27NO4S. The van der Waals surface area contributed by atoms with E-state index in [1.807, 2.05) is 36.9 Å². The predicted octanol–water partition coefficient (Wildman–Crippen LogP) is 4.08. The Morgan fingerprint density at radius 1 is 0.966 bits per heavy atom. The highest BCUT2D eigenvalue weighted by atomic mass is 32.2. The number of benzene rings is 2. The number of sulfone groups is 1. The van der Waals surface area contributed by atoms with Crippen LogP contribution in [-0.2, 0) is 9.84 Å². The summed E-state index contributed by atoms with van der Waals surface area (Å²) in [4.78, 5) is 15.5. The van der Waals surface area contributed by atoms with Gasteiger partial charge in [-0.1, -0.05) is 18.2 Å². The van der Waals surface area contributed by atoms with E-state index in [1.165, 1.54) is 0 Å². The molecule has 2 aliphatic heterocycles. The minimum absolute atomic E-state index is 0.0100. The summed E-state index contributed by atoms with van der Waals surface area (Å²) in [5.74, 6) is 0.733. The first kappa shape index (κ1) is 20.0. The van der Waals surface area contributed by atoms with Gasteiger partial charge in [0.2, 0.25) is 0 Å². The first-order valence-corrected chi connectivity index (χ1v) is 11.8. The maximum Gasteiger partial charge on any atom is 0.254 e. The van der Waals surface area contributed by atoms with E-state index in [2.05, 4.69) is 0 Å². The Bertz CT molecular complexity index is 956. The fourth-order valence-electron chi connectivity index (χ4n) is 4.61. The number of carbonyl (C=O) groups excluding carboxylic acids is 1. The molecule has 0 aromatic heterocycles. The van der Waals surface area contributed by atoms with Crippen LogP contribution in [0.5, 0.6) is 5.75 Å². The van der Waals surface area contributed by atoms with Gasteiger partial charge < -0.3 is 9.64 Å². The van der Waals surface area contributed by atoms with E-state index in [-0.39, 0.29) is 24.1 Å². The second-order valence-electron chi connectivity index (χ2n) is 8.24. The Morgan fingerprint density at radius 2 is 1.55 bits per heavy atom. The van der Waals surface area contributed by atoms with Crippen LogP contribution in [0.1, 0.15) is 49.9 Å². The number of hydrogen-bond donors (Lipinski definition) is 0. The van der Waals surface area contributed by atoms with Crippen LogP contribution >= 0.6 is 0 Å². The van der Waals surface area contributed by atoms with Gasteiger partial charge in [0.25, 0.3) is 5.91 Å². The highest BCUT2D eigenvalue weighted by Crippen LogP contribution is 2.40. The average Bonchev–Trinajstić information content (AvgIpc) is 2.97. The number of ether oxygens (including phenoxy) is 1. The molecule has 2 aliphatic rings. The third kappa shape index (κ3) is 3.90. The second-order valence-corrected chi connectivity index (χ2v) is 10.5. The van der Waals surface area contributed by atoms with E-state index in [0.717, 1.165) is 18.6 Å². The van der Waals surface area contributed by atoms with Gasteiger partial charge >= 0.3 is 0 Å². The van der Waals surface area contributed by atoms with Crippen LogP contribution in [-0.4, -0.2) is 42.7 Å². The zero-order valence-electron chi connectivity index (χ0n) is 16.8. The fourth-order valence-corrected chi connectivity index (χ4v) is 6.48. The molecule has 0 aliphatic carbocycles. The Balaban J connectivity index is 1.50. The van der Waals surface area contributed by atoms with Crippen LogP contribution in [0.2, 0.25) is 0 Å². The first-order chi connectivity index (χ1) is 13.9. The van der Waals surface area contributed by atoms with Crippen LogP contribution in [0.25, 0.3) is 0 Å². The van der Waals surface area contributed by atoms with Gasteiger partial charge in [-0.2, -0.15) is 0 Å². The maximum atomic E-state index is 13.2. The minimum Gasteiger partial charge on any atom is -0.491 e. The van der Waals surface area contributed by atoms with Crippen molar-refractivity contribution < 1.29 is 17.9 Å². The summed E-state index contributed by atoms with van der Waals surface area (Å²) in [7, 11) is -3.37. The molecule has 4 rings (SSSR count). The molecule has 2 aromatic carbocycles. The summed E-state index contributed by atoms with van der Waals surface area (Å²) in [5.41, 5.74) is 0.627. The van der Waals surface area contributed by atoms with E-state index >= 15 is 0 Å². The van der Waals surface area contributed by atoms with Crippen molar-refractivity contribution in [3.8, 4) is 5.75 Å². The summed E-state index contributed by atoms with van der Waals surface area (Å²) >= 11 is 0. The van der Waals surface area contributed by atoms with Gasteiger partial charge in [0.1, 0.15) is 5.75 Å². The zero-order chi connectivity index (χ0) is 20.6. The Morgan fingerprint density at radius 3 is 2.10 bits per heavy atom. The molecule has 29 heavy (non-hydrogen) atoms. The van der Waals surface area contributed by atoms with Crippen molar-refractivity contribution in [3.05, 3.63) is 60.2 Å². The Labute approximate surface area is 172 Å². The third-order valence-electron chi connectivity index (χ3n) is 5.91. The molecular weight excluding hydrogens is 386 g/mol. The van der Waals surface area contributed by atoms with E-state index in [9.17, 15) is 13.2 Å². The van der Waals surface area contributed by atoms with Gasteiger partial charge in [0.15, 0.2) is 9.84 Å². The maximum absolute atomic E-state index is 13.2. The van der Waals surface area contributed by atoms with Crippen molar-refractivity contribution in [1.29, 1.82) is 0 Å². The highest BCUT2D eigenvalue weighted by Gasteiger charge is 2.47. The number of carbonyl (C=O) groups is 1. The SMILES string of the molecule is CC(C)Oc1ccc(C(=O)N2C3CCC2CC(S(=O)(=O)c2ccccc2)C3)cc1. The number of rotatable bonds is 5. The zero-order valence-corrected chi connectivity index (χ0v) is 17.6. The Hall–Kier alpha value is -2.34. The van der Waals surface area contributed by atoms with Gasteiger partial charge in [-0.15, -0.1) is 0 Å². The molecule has 1 amide bonds. The smallest absolute Gasteiger partial charge is 0.254 e. The molecule has 2 bridgehead atoms. The van der Waals surface area contributed by atoms with E-state index in [0.29, 0.717) is 23.3 Å². The van der Waals surface area contributed by atoms with Crippen LogP contribution in [0, 0.1) is 0 Å². The lowest BCUT2D eigenvalue weighted by Gasteiger charge is -2.38. The largest absolute Gasteiger partial charge is 0.491 e. The van der Waals surface area contributed by atoms with Gasteiger partial charge in [-0.25, -0.2) is 8.42 Å². The molecule has 0 N–H and O–H groups in total. The summed E-state index contributed by atoms with van der Waals surface area (Å²) in [6.45, 7) is 3.93. The second kappa shape index (κ2) is 7.82. The summed E-state index contributed by atoms with van der Waals surface area (Å²) < 4.78 is 31.8. The summed E-state index contributed by atoms with van der Waals surface area (Å²) in [6.07, 6.45) is 2.83. The number of fused-ring (bicyclic) bond motifs is 2. The van der Waals surface area contributed by atoms with Crippen molar-refractivity contribution in [2.45, 2.75) is 67.9 Å². The quantitative estimate of drug-likeness (QED) is 0.741. The summed E-state index contributed by atoms with van der Waals surface area (Å²) in [6, 6.07) is 15.9. The van der Waals surface area contributed by atoms with Crippen molar-refractivity contribution in [1.82, 2.24) is 4.90 Å². The molecule has 2 heterocycles. The van der Waals surface area contributed by atoms with Crippen LogP contribution in [0.4, 0.5) is 0 Å². The minimum atomic E-state index is -3.37. The molecule has 2 fully saturated rings. The third-order valence-corrected chi connectivity index (χ3v) is 8.10. The van der Waals surface area contributed by atoms with E-state index < -0.39 is 15.1 Å². The van der Waals surface area contributed by atoms with Crippen molar-refractivity contribution in [3.63, 3.8) is 0 Å². The molecule has 6 heteroatoms. The fraction of sp³-hybridized carbons (Fsp3) is 0.435. The van der Waals surface area contributed by atoms with Gasteiger partial charge in [-0.3, -0.25) is 4.79 Å². The monoisotopic (exact) mass is 413 g/mol. The van der Waals surface area contributed by atoms with Crippen molar-refractivity contribution in [2.75, 3.05) is 0 Å². The van der Waals surface area contributed by atoms with Gasteiger partial charge in [0, 0.05) is 17.6 Å². The number of amides is 1. The lowest BCUT2D eigenvalue weighted by molar-refractivity contribution is 0.0598. The van der Waals surface area contributed by atoms with E-state index in [4.69, 9.17) is 4.74 Å². The molecule has 5 nitrogen and oxygen atoms in total. The molecule has 0 saturated carbocycles. The molecule has 2 aromatic rings. The van der Waals surface area contributed by atoms with Gasteiger partial charge in [0.05, 0.1) is 16.2 Å². The normalized spacial score (nSPS) is 24.0. The van der Waals surface area contributed by atoms with Crippen molar-refractivity contribution >= 4 is 15.7 Å². The standard InChI is InChI=1S/C23H27NO4S/c1-16(2)28-20-12-8-17(9-13-20)23(25)24-18-10-11-19(24)15-22(14-18)29(26,27)21-6-4-3-5-7-21/h3-9,12-13,16,18-19,22H,10-11,14-15H2,1-2H3. The predicted molar refractivity (Wildman–Crippen MR) is 112 cm³/mol. The average molecular weight is 414 g/mol. The van der Waals surface area contributed by atoms with E-state index in [1.54, 1.807) is 36.4 Å². The van der Waals surface area contributed by atoms with Crippen molar-refractivity contribution in [2.24, 2.45) is 0 Å². The number of hydrogen-bond acceptors (Lipinski definition) is 4. The van der Waals surface area contributed by atoms with Crippen LogP contribution in [0.15, 0.2) is 59.5 Å². The molecule has 2 atom stereocenters. The topological polar surface area (TPSA) is 63.7 Å². The molecule has 0 radical (unpaired) electrons. The highest BCUT2D eigenvalue weighted by molar-refractivity contribution is 7.92. The lowest BCUT2D eigenvalue weighted by Crippen LogP contribution is -2.49. The molecule has 2 unspecified atom stereocenters. The number of nitrogens with zero attached hydrogens (tertiary/aromatic N) is 1. The van der Waals surface area contributed by atoms with Crippen LogP contribution in [0.3, 0.4) is 0 Å². The Kier molecular flexibility index (Phi) is 5.38. The van der Waals surface area contributed by atoms with Gasteiger partial charge in [-0.05, 0) is 75.9 Å². The molecule has 154 valence electrons. The summed E-state index contributed by atoms with van der Waals surface area (Å²) in [5, 5.41) is -0.423. The first-order valence-electron chi connectivity index (χ1n) is 10.2. The number of piperidine rings is 1. The van der Waals surface area contributed by atoms with Crippen LogP contribution < -0.4 is 4.74 Å². The molecule has 0 spiro atoms.